The molecule has 5 heteroatoms. The van der Waals surface area contributed by atoms with Crippen molar-refractivity contribution in [1.82, 2.24) is 0 Å². The van der Waals surface area contributed by atoms with Crippen molar-refractivity contribution < 1.29 is 9.59 Å². The number of nitriles is 1. The highest BCUT2D eigenvalue weighted by Crippen LogP contribution is 2.21. The molecule has 0 spiro atoms. The highest BCUT2D eigenvalue weighted by atomic mass is 127. The summed E-state index contributed by atoms with van der Waals surface area (Å²) in [5, 5.41) is 8.13. The highest BCUT2D eigenvalue weighted by Gasteiger charge is 2.14. The van der Waals surface area contributed by atoms with Crippen LogP contribution < -0.4 is 0 Å². The molecule has 0 aliphatic rings. The van der Waals surface area contributed by atoms with E-state index in [0.717, 1.165) is 0 Å². The van der Waals surface area contributed by atoms with Gasteiger partial charge in [0.15, 0.2) is 6.29 Å². The SMILES string of the molecule is N#Cc1c(C=O)ccc(C(=O)Cl)c1I. The number of nitrogens with zero attached hydrogens (tertiary/aromatic N) is 1. The fourth-order valence-corrected chi connectivity index (χ4v) is 2.13. The molecule has 0 heterocycles. The molecule has 0 unspecified atom stereocenters. The van der Waals surface area contributed by atoms with E-state index in [1.165, 1.54) is 12.1 Å². The van der Waals surface area contributed by atoms with E-state index in [9.17, 15) is 9.59 Å². The van der Waals surface area contributed by atoms with Crippen molar-refractivity contribution in [2.75, 3.05) is 0 Å². The number of carbonyl (C=O) groups excluding carboxylic acids is 2. The average Bonchev–Trinajstić information content (AvgIpc) is 2.16. The summed E-state index contributed by atoms with van der Waals surface area (Å²) in [5.41, 5.74) is 0.695. The van der Waals surface area contributed by atoms with E-state index in [4.69, 9.17) is 16.9 Å². The maximum absolute atomic E-state index is 10.9. The number of hydrogen-bond acceptors (Lipinski definition) is 3. The highest BCUT2D eigenvalue weighted by molar-refractivity contribution is 14.1. The first-order valence-corrected chi connectivity index (χ1v) is 4.95. The second kappa shape index (κ2) is 4.53. The van der Waals surface area contributed by atoms with E-state index >= 15 is 0 Å². The Kier molecular flexibility index (Phi) is 3.61. The predicted molar refractivity (Wildman–Crippen MR) is 59.4 cm³/mol. The molecule has 0 N–H and O–H groups in total. The largest absolute Gasteiger partial charge is 0.298 e. The van der Waals surface area contributed by atoms with Crippen LogP contribution >= 0.6 is 34.2 Å². The van der Waals surface area contributed by atoms with Crippen molar-refractivity contribution >= 4 is 45.7 Å². The summed E-state index contributed by atoms with van der Waals surface area (Å²) in [6, 6.07) is 4.70. The number of hydrogen-bond donors (Lipinski definition) is 0. The monoisotopic (exact) mass is 319 g/mol. The minimum Gasteiger partial charge on any atom is -0.298 e. The zero-order chi connectivity index (χ0) is 10.7. The first-order chi connectivity index (χ1) is 6.61. The first-order valence-electron chi connectivity index (χ1n) is 3.49. The molecule has 1 aromatic rings. The minimum atomic E-state index is -0.636. The average molecular weight is 319 g/mol. The summed E-state index contributed by atoms with van der Waals surface area (Å²) in [6.07, 6.45) is 0.573. The van der Waals surface area contributed by atoms with Gasteiger partial charge in [-0.2, -0.15) is 5.26 Å². The van der Waals surface area contributed by atoms with E-state index in [1.54, 1.807) is 0 Å². The Morgan fingerprint density at radius 2 is 2.21 bits per heavy atom. The smallest absolute Gasteiger partial charge is 0.253 e. The topological polar surface area (TPSA) is 57.9 Å². The van der Waals surface area contributed by atoms with Crippen molar-refractivity contribution in [1.29, 1.82) is 5.26 Å². The van der Waals surface area contributed by atoms with E-state index < -0.39 is 5.24 Å². The Bertz CT molecular complexity index is 451. The fourth-order valence-electron chi connectivity index (χ4n) is 0.955. The molecule has 3 nitrogen and oxygen atoms in total. The van der Waals surface area contributed by atoms with Crippen LogP contribution in [0.4, 0.5) is 0 Å². The lowest BCUT2D eigenvalue weighted by atomic mass is 10.1. The third kappa shape index (κ3) is 1.94. The normalized spacial score (nSPS) is 9.21. The van der Waals surface area contributed by atoms with Gasteiger partial charge >= 0.3 is 0 Å². The summed E-state index contributed by atoms with van der Waals surface area (Å²) in [6.45, 7) is 0. The Morgan fingerprint density at radius 3 is 2.64 bits per heavy atom. The quantitative estimate of drug-likeness (QED) is 0.478. The summed E-state index contributed by atoms with van der Waals surface area (Å²) >= 11 is 7.11. The molecule has 0 atom stereocenters. The number of rotatable bonds is 2. The van der Waals surface area contributed by atoms with Crippen LogP contribution in [0.15, 0.2) is 12.1 Å². The molecule has 0 saturated heterocycles. The predicted octanol–water partition coefficient (Wildman–Crippen LogP) is 2.35. The molecule has 0 amide bonds. The van der Waals surface area contributed by atoms with E-state index in [-0.39, 0.29) is 16.7 Å². The Labute approximate surface area is 98.8 Å². The molecule has 0 bridgehead atoms. The Hall–Kier alpha value is -0.930. The summed E-state index contributed by atoms with van der Waals surface area (Å²) in [4.78, 5) is 21.4. The lowest BCUT2D eigenvalue weighted by Gasteiger charge is -2.02. The van der Waals surface area contributed by atoms with Crippen LogP contribution in [0.5, 0.6) is 0 Å². The van der Waals surface area contributed by atoms with Gasteiger partial charge in [-0.05, 0) is 46.3 Å². The zero-order valence-corrected chi connectivity index (χ0v) is 9.67. The van der Waals surface area contributed by atoms with Crippen LogP contribution in [0.3, 0.4) is 0 Å². The number of aldehydes is 1. The molecule has 0 aromatic heterocycles. The molecule has 0 radical (unpaired) electrons. The van der Waals surface area contributed by atoms with E-state index in [0.29, 0.717) is 9.86 Å². The molecule has 0 aliphatic heterocycles. The molecule has 14 heavy (non-hydrogen) atoms. The summed E-state index contributed by atoms with van der Waals surface area (Å²) < 4.78 is 0.412. The standard InChI is InChI=1S/C9H3ClINO2/c10-9(14)6-2-1-5(4-13)7(3-12)8(6)11/h1-2,4H. The van der Waals surface area contributed by atoms with Gasteiger partial charge in [0.25, 0.3) is 5.24 Å². The van der Waals surface area contributed by atoms with Gasteiger partial charge in [0.05, 0.1) is 5.56 Å². The third-order valence-corrected chi connectivity index (χ3v) is 2.95. The summed E-state index contributed by atoms with van der Waals surface area (Å²) in [7, 11) is 0. The van der Waals surface area contributed by atoms with Gasteiger partial charge in [-0.25, -0.2) is 0 Å². The van der Waals surface area contributed by atoms with Crippen LogP contribution in [-0.4, -0.2) is 11.5 Å². The van der Waals surface area contributed by atoms with Crippen molar-refractivity contribution in [3.05, 3.63) is 32.4 Å². The molecular formula is C9H3ClINO2. The van der Waals surface area contributed by atoms with Gasteiger partial charge in [-0.3, -0.25) is 9.59 Å². The molecule has 1 aromatic carbocycles. The minimum absolute atomic E-state index is 0.187. The van der Waals surface area contributed by atoms with Gasteiger partial charge in [0.2, 0.25) is 0 Å². The van der Waals surface area contributed by atoms with E-state index in [1.807, 2.05) is 28.7 Å². The van der Waals surface area contributed by atoms with Gasteiger partial charge in [-0.1, -0.05) is 0 Å². The molecule has 1 rings (SSSR count). The molecule has 0 aliphatic carbocycles. The van der Waals surface area contributed by atoms with E-state index in [2.05, 4.69) is 0 Å². The first kappa shape index (κ1) is 11.1. The van der Waals surface area contributed by atoms with Crippen LogP contribution in [0.2, 0.25) is 0 Å². The lowest BCUT2D eigenvalue weighted by Crippen LogP contribution is -1.99. The molecule has 70 valence electrons. The Balaban J connectivity index is 3.52. The second-order valence-corrected chi connectivity index (χ2v) is 3.82. The lowest BCUT2D eigenvalue weighted by molar-refractivity contribution is 0.107. The third-order valence-electron chi connectivity index (χ3n) is 1.62. The molecule has 0 fully saturated rings. The van der Waals surface area contributed by atoms with Gasteiger partial charge in [0, 0.05) is 14.7 Å². The van der Waals surface area contributed by atoms with Crippen molar-refractivity contribution in [3.63, 3.8) is 0 Å². The van der Waals surface area contributed by atoms with Crippen molar-refractivity contribution in [2.24, 2.45) is 0 Å². The zero-order valence-electron chi connectivity index (χ0n) is 6.75. The van der Waals surface area contributed by atoms with Gasteiger partial charge in [-0.15, -0.1) is 0 Å². The number of halogens is 2. The van der Waals surface area contributed by atoms with Gasteiger partial charge in [0.1, 0.15) is 6.07 Å². The molecule has 0 saturated carbocycles. The van der Waals surface area contributed by atoms with Crippen LogP contribution in [-0.2, 0) is 0 Å². The van der Waals surface area contributed by atoms with Crippen molar-refractivity contribution in [2.45, 2.75) is 0 Å². The van der Waals surface area contributed by atoms with Gasteiger partial charge < -0.3 is 0 Å². The van der Waals surface area contributed by atoms with Crippen LogP contribution in [0, 0.1) is 14.9 Å². The van der Waals surface area contributed by atoms with Crippen LogP contribution in [0.1, 0.15) is 26.3 Å². The van der Waals surface area contributed by atoms with Crippen LogP contribution in [0.25, 0.3) is 0 Å². The maximum Gasteiger partial charge on any atom is 0.253 e. The number of carbonyl (C=O) groups is 2. The molecular weight excluding hydrogens is 316 g/mol. The number of benzene rings is 1. The second-order valence-electron chi connectivity index (χ2n) is 2.39. The Morgan fingerprint density at radius 1 is 1.57 bits per heavy atom. The summed E-state index contributed by atoms with van der Waals surface area (Å²) in [5.74, 6) is 0. The maximum atomic E-state index is 10.9. The fraction of sp³-hybridized carbons (Fsp3) is 0. The van der Waals surface area contributed by atoms with Crippen molar-refractivity contribution in [3.8, 4) is 6.07 Å².